The molecule has 6 heteroatoms. The number of nitrogens with zero attached hydrogens (tertiary/aromatic N) is 3. The first-order chi connectivity index (χ1) is 10.1. The van der Waals surface area contributed by atoms with Crippen LogP contribution in [0.5, 0.6) is 5.75 Å². The van der Waals surface area contributed by atoms with E-state index < -0.39 is 5.91 Å². The number of methoxy groups -OCH3 is 1. The van der Waals surface area contributed by atoms with Gasteiger partial charge >= 0.3 is 0 Å². The zero-order valence-corrected chi connectivity index (χ0v) is 11.7. The van der Waals surface area contributed by atoms with Gasteiger partial charge in [0.05, 0.1) is 24.8 Å². The quantitative estimate of drug-likeness (QED) is 0.802. The first kappa shape index (κ1) is 14.4. The van der Waals surface area contributed by atoms with Crippen molar-refractivity contribution in [3.8, 4) is 17.9 Å². The molecule has 1 heterocycles. The van der Waals surface area contributed by atoms with Crippen LogP contribution >= 0.6 is 0 Å². The van der Waals surface area contributed by atoms with Gasteiger partial charge in [0.2, 0.25) is 0 Å². The van der Waals surface area contributed by atoms with Crippen molar-refractivity contribution in [2.45, 2.75) is 6.92 Å². The van der Waals surface area contributed by atoms with E-state index in [4.69, 9.17) is 19.7 Å². The van der Waals surface area contributed by atoms with Crippen LogP contribution in [0.1, 0.15) is 16.1 Å². The second kappa shape index (κ2) is 5.98. The summed E-state index contributed by atoms with van der Waals surface area (Å²) in [5, 5.41) is 18.2. The summed E-state index contributed by atoms with van der Waals surface area (Å²) in [6, 6.07) is 8.93. The molecule has 0 unspecified atom stereocenters. The van der Waals surface area contributed by atoms with E-state index in [-0.39, 0.29) is 13.1 Å². The van der Waals surface area contributed by atoms with Crippen molar-refractivity contribution in [3.05, 3.63) is 29.5 Å². The van der Waals surface area contributed by atoms with Crippen molar-refractivity contribution in [3.63, 3.8) is 0 Å². The molecule has 0 spiro atoms. The predicted octanol–water partition coefficient (Wildman–Crippen LogP) is 2.24. The molecule has 1 amide bonds. The summed E-state index contributed by atoms with van der Waals surface area (Å²) in [7, 11) is 1.53. The summed E-state index contributed by atoms with van der Waals surface area (Å²) in [6.07, 6.45) is 0. The Bertz CT molecular complexity index is 749. The summed E-state index contributed by atoms with van der Waals surface area (Å²) >= 11 is 0. The minimum atomic E-state index is -0.400. The normalized spacial score (nSPS) is 9.90. The Hall–Kier alpha value is -2.99. The molecule has 0 aliphatic heterocycles. The Morgan fingerprint density at radius 3 is 2.57 bits per heavy atom. The number of fused-ring (bicyclic) bond motifs is 1. The molecule has 1 aromatic heterocycles. The molecule has 0 atom stereocenters. The topological polar surface area (TPSA) is 90.3 Å². The Morgan fingerprint density at radius 2 is 2.00 bits per heavy atom. The number of benzene rings is 1. The van der Waals surface area contributed by atoms with E-state index in [1.54, 1.807) is 25.1 Å². The van der Waals surface area contributed by atoms with Gasteiger partial charge in [0.15, 0.2) is 0 Å². The predicted molar refractivity (Wildman–Crippen MR) is 74.6 cm³/mol. The van der Waals surface area contributed by atoms with E-state index in [0.717, 1.165) is 0 Å². The highest BCUT2D eigenvalue weighted by Crippen LogP contribution is 2.29. The van der Waals surface area contributed by atoms with E-state index in [1.807, 2.05) is 12.1 Å². The van der Waals surface area contributed by atoms with Crippen LogP contribution in [0.3, 0.4) is 0 Å². The second-order valence-corrected chi connectivity index (χ2v) is 4.37. The molecule has 0 N–H and O–H groups in total. The maximum atomic E-state index is 12.5. The molecule has 0 saturated heterocycles. The summed E-state index contributed by atoms with van der Waals surface area (Å²) in [4.78, 5) is 13.7. The minimum Gasteiger partial charge on any atom is -0.497 e. The van der Waals surface area contributed by atoms with Crippen LogP contribution in [-0.2, 0) is 0 Å². The van der Waals surface area contributed by atoms with Crippen LogP contribution < -0.4 is 4.74 Å². The Balaban J connectivity index is 2.54. The Labute approximate surface area is 121 Å². The lowest BCUT2D eigenvalue weighted by atomic mass is 10.1. The maximum absolute atomic E-state index is 12.5. The molecule has 21 heavy (non-hydrogen) atoms. The zero-order chi connectivity index (χ0) is 15.4. The molecule has 106 valence electrons. The fraction of sp³-hybridized carbons (Fsp3) is 0.267. The zero-order valence-electron chi connectivity index (χ0n) is 11.7. The summed E-state index contributed by atoms with van der Waals surface area (Å²) in [5.74, 6) is 0.649. The highest BCUT2D eigenvalue weighted by molar-refractivity contribution is 6.07. The molecular formula is C15H13N3O3. The number of rotatable bonds is 4. The number of hydrogen-bond donors (Lipinski definition) is 0. The van der Waals surface area contributed by atoms with E-state index >= 15 is 0 Å². The van der Waals surface area contributed by atoms with Crippen molar-refractivity contribution < 1.29 is 13.9 Å². The Kier molecular flexibility index (Phi) is 4.10. The standard InChI is InChI=1S/C15H13N3O3/c1-10-14(15(19)18(7-5-16)8-6-17)12-9-11(20-2)3-4-13(12)21-10/h3-4,9H,7-8H2,1-2H3. The van der Waals surface area contributed by atoms with Crippen LogP contribution in [0, 0.1) is 29.6 Å². The number of amides is 1. The van der Waals surface area contributed by atoms with Crippen LogP contribution in [-0.4, -0.2) is 31.0 Å². The third-order valence-corrected chi connectivity index (χ3v) is 3.10. The van der Waals surface area contributed by atoms with E-state index in [0.29, 0.717) is 28.0 Å². The molecule has 0 saturated carbocycles. The number of aryl methyl sites for hydroxylation is 1. The molecule has 0 aliphatic rings. The van der Waals surface area contributed by atoms with Gasteiger partial charge < -0.3 is 14.1 Å². The van der Waals surface area contributed by atoms with E-state index in [2.05, 4.69) is 0 Å². The third-order valence-electron chi connectivity index (χ3n) is 3.10. The average Bonchev–Trinajstić information content (AvgIpc) is 2.81. The number of carbonyl (C=O) groups is 1. The SMILES string of the molecule is COc1ccc2oc(C)c(C(=O)N(CC#N)CC#N)c2c1. The van der Waals surface area contributed by atoms with Crippen molar-refractivity contribution >= 4 is 16.9 Å². The first-order valence-corrected chi connectivity index (χ1v) is 6.22. The van der Waals surface area contributed by atoms with Crippen LogP contribution in [0.25, 0.3) is 11.0 Å². The summed E-state index contributed by atoms with van der Waals surface area (Å²) in [5.41, 5.74) is 0.917. The Morgan fingerprint density at radius 1 is 1.33 bits per heavy atom. The molecule has 0 fully saturated rings. The largest absolute Gasteiger partial charge is 0.497 e. The van der Waals surface area contributed by atoms with Gasteiger partial charge in [-0.1, -0.05) is 0 Å². The van der Waals surface area contributed by atoms with Gasteiger partial charge in [0, 0.05) is 5.39 Å². The highest BCUT2D eigenvalue weighted by Gasteiger charge is 2.23. The van der Waals surface area contributed by atoms with Crippen LogP contribution in [0.2, 0.25) is 0 Å². The molecule has 2 rings (SSSR count). The third kappa shape index (κ3) is 2.65. The highest BCUT2D eigenvalue weighted by atomic mass is 16.5. The van der Waals surface area contributed by atoms with Crippen molar-refractivity contribution in [1.82, 2.24) is 4.90 Å². The van der Waals surface area contributed by atoms with Gasteiger partial charge in [0.1, 0.15) is 30.2 Å². The van der Waals surface area contributed by atoms with Crippen LogP contribution in [0.4, 0.5) is 0 Å². The first-order valence-electron chi connectivity index (χ1n) is 6.22. The number of carbonyl (C=O) groups excluding carboxylic acids is 1. The lowest BCUT2D eigenvalue weighted by molar-refractivity contribution is 0.0794. The molecule has 2 aromatic rings. The number of hydrogen-bond acceptors (Lipinski definition) is 5. The van der Waals surface area contributed by atoms with Gasteiger partial charge in [-0.05, 0) is 25.1 Å². The minimum absolute atomic E-state index is 0.150. The number of furan rings is 1. The number of nitriles is 2. The van der Waals surface area contributed by atoms with Gasteiger partial charge in [-0.25, -0.2) is 0 Å². The van der Waals surface area contributed by atoms with E-state index in [9.17, 15) is 4.79 Å². The lowest BCUT2D eigenvalue weighted by Gasteiger charge is -2.15. The summed E-state index contributed by atoms with van der Waals surface area (Å²) in [6.45, 7) is 1.38. The van der Waals surface area contributed by atoms with Crippen LogP contribution in [0.15, 0.2) is 22.6 Å². The average molecular weight is 283 g/mol. The van der Waals surface area contributed by atoms with E-state index in [1.165, 1.54) is 12.0 Å². The maximum Gasteiger partial charge on any atom is 0.259 e. The molecule has 1 aromatic carbocycles. The number of ether oxygens (including phenoxy) is 1. The van der Waals surface area contributed by atoms with Gasteiger partial charge in [-0.15, -0.1) is 0 Å². The van der Waals surface area contributed by atoms with Gasteiger partial charge in [-0.2, -0.15) is 10.5 Å². The smallest absolute Gasteiger partial charge is 0.259 e. The fourth-order valence-electron chi connectivity index (χ4n) is 2.12. The van der Waals surface area contributed by atoms with Crippen molar-refractivity contribution in [1.29, 1.82) is 10.5 Å². The van der Waals surface area contributed by atoms with Crippen molar-refractivity contribution in [2.75, 3.05) is 20.2 Å². The molecule has 6 nitrogen and oxygen atoms in total. The van der Waals surface area contributed by atoms with Crippen molar-refractivity contribution in [2.24, 2.45) is 0 Å². The van der Waals surface area contributed by atoms with Gasteiger partial charge in [-0.3, -0.25) is 4.79 Å². The molecule has 0 aliphatic carbocycles. The summed E-state index contributed by atoms with van der Waals surface area (Å²) < 4.78 is 10.7. The fourth-order valence-corrected chi connectivity index (χ4v) is 2.12. The molecule has 0 bridgehead atoms. The molecule has 0 radical (unpaired) electrons. The second-order valence-electron chi connectivity index (χ2n) is 4.37. The lowest BCUT2D eigenvalue weighted by Crippen LogP contribution is -2.32. The molecular weight excluding hydrogens is 270 g/mol. The monoisotopic (exact) mass is 283 g/mol. The van der Waals surface area contributed by atoms with Gasteiger partial charge in [0.25, 0.3) is 5.91 Å².